The second kappa shape index (κ2) is 53.4. The molecule has 0 fully saturated rings. The van der Waals surface area contributed by atoms with Crippen molar-refractivity contribution in [2.45, 2.75) is 342 Å². The van der Waals surface area contributed by atoms with Crippen LogP contribution in [0.2, 0.25) is 0 Å². The molecule has 0 N–H and O–H groups in total. The summed E-state index contributed by atoms with van der Waals surface area (Å²) in [5, 5.41) is 0. The van der Waals surface area contributed by atoms with Crippen LogP contribution in [0.3, 0.4) is 0 Å². The van der Waals surface area contributed by atoms with Gasteiger partial charge in [-0.05, 0) is 25.2 Å². The second-order valence-electron chi connectivity index (χ2n) is 20.5. The molecule has 1 unspecified atom stereocenters. The van der Waals surface area contributed by atoms with Gasteiger partial charge < -0.3 is 14.2 Å². The predicted octanol–water partition coefficient (Wildman–Crippen LogP) is 19.4. The lowest BCUT2D eigenvalue weighted by Gasteiger charge is -2.18. The Hall–Kier alpha value is -1.59. The Balaban J connectivity index is 4.29. The van der Waals surface area contributed by atoms with E-state index in [4.69, 9.17) is 14.2 Å². The number of ether oxygens (including phenoxy) is 3. The third-order valence-electron chi connectivity index (χ3n) is 13.9. The number of hydrogen-bond acceptors (Lipinski definition) is 6. The fourth-order valence-electron chi connectivity index (χ4n) is 9.07. The molecule has 0 aliphatic rings. The number of carbonyl (C=O) groups excluding carboxylic acids is 3. The van der Waals surface area contributed by atoms with Gasteiger partial charge in [-0.2, -0.15) is 0 Å². The Morgan fingerprint density at radius 3 is 0.800 bits per heavy atom. The summed E-state index contributed by atoms with van der Waals surface area (Å²) in [5.74, 6) is 0.0607. The molecule has 0 bridgehead atoms. The van der Waals surface area contributed by atoms with Gasteiger partial charge in [0.15, 0.2) is 6.10 Å². The topological polar surface area (TPSA) is 78.9 Å². The lowest BCUT2D eigenvalue weighted by atomic mass is 9.99. The molecule has 0 radical (unpaired) electrons. The SMILES string of the molecule is CCCCCCCCCCCCCCCCCCC(=O)OC[C@@H](COC(=O)CCCCCCCCCCCCCCC)OC(=O)CCCCCCCCCCCCCCCCC(C)CC. The maximum atomic E-state index is 12.9. The van der Waals surface area contributed by atoms with Crippen molar-refractivity contribution in [2.75, 3.05) is 13.2 Å². The number of carbonyl (C=O) groups is 3. The van der Waals surface area contributed by atoms with E-state index in [2.05, 4.69) is 27.7 Å². The molecule has 6 heteroatoms. The zero-order valence-corrected chi connectivity index (χ0v) is 44.5. The summed E-state index contributed by atoms with van der Waals surface area (Å²) in [7, 11) is 0. The van der Waals surface area contributed by atoms with Gasteiger partial charge in [0.1, 0.15) is 13.2 Å². The van der Waals surface area contributed by atoms with Crippen molar-refractivity contribution in [3.05, 3.63) is 0 Å². The summed E-state index contributed by atoms with van der Waals surface area (Å²) >= 11 is 0. The monoisotopic (exact) mass is 919 g/mol. The van der Waals surface area contributed by atoms with E-state index in [1.54, 1.807) is 0 Å². The van der Waals surface area contributed by atoms with Crippen LogP contribution in [-0.2, 0) is 28.6 Å². The highest BCUT2D eigenvalue weighted by Gasteiger charge is 2.19. The van der Waals surface area contributed by atoms with Gasteiger partial charge in [0, 0.05) is 19.3 Å². The van der Waals surface area contributed by atoms with E-state index in [1.807, 2.05) is 0 Å². The Labute approximate surface area is 406 Å². The van der Waals surface area contributed by atoms with Crippen LogP contribution in [0.4, 0.5) is 0 Å². The van der Waals surface area contributed by atoms with Gasteiger partial charge in [-0.3, -0.25) is 14.4 Å². The molecule has 0 aliphatic heterocycles. The maximum absolute atomic E-state index is 12.9. The van der Waals surface area contributed by atoms with E-state index in [-0.39, 0.29) is 31.1 Å². The molecule has 0 aromatic heterocycles. The molecule has 65 heavy (non-hydrogen) atoms. The molecule has 0 amide bonds. The minimum absolute atomic E-state index is 0.0617. The Morgan fingerprint density at radius 1 is 0.308 bits per heavy atom. The lowest BCUT2D eigenvalue weighted by Crippen LogP contribution is -2.30. The highest BCUT2D eigenvalue weighted by molar-refractivity contribution is 5.71. The highest BCUT2D eigenvalue weighted by atomic mass is 16.6. The second-order valence-corrected chi connectivity index (χ2v) is 20.5. The third-order valence-corrected chi connectivity index (χ3v) is 13.9. The molecule has 0 aromatic rings. The molecule has 0 spiro atoms. The van der Waals surface area contributed by atoms with Crippen molar-refractivity contribution in [3.63, 3.8) is 0 Å². The molecule has 0 saturated heterocycles. The molecular formula is C59H114O6. The molecule has 0 saturated carbocycles. The largest absolute Gasteiger partial charge is 0.462 e. The standard InChI is InChI=1S/C59H114O6/c1-5-8-10-12-14-16-18-20-21-22-27-31-35-39-43-47-51-58(61)64-54-56(53-63-57(60)50-46-42-38-34-30-25-19-17-15-13-11-9-6-2)65-59(62)52-48-44-40-36-32-28-24-23-26-29-33-37-41-45-49-55(4)7-3/h55-56H,5-54H2,1-4H3/t55?,56-/m1/s1. The summed E-state index contributed by atoms with van der Waals surface area (Å²) in [6.45, 7) is 9.10. The third kappa shape index (κ3) is 51.6. The van der Waals surface area contributed by atoms with Crippen molar-refractivity contribution in [1.82, 2.24) is 0 Å². The summed E-state index contributed by atoms with van der Waals surface area (Å²) in [6.07, 6.45) is 58.0. The molecule has 2 atom stereocenters. The predicted molar refractivity (Wildman–Crippen MR) is 280 cm³/mol. The van der Waals surface area contributed by atoms with Crippen LogP contribution in [0.5, 0.6) is 0 Å². The summed E-state index contributed by atoms with van der Waals surface area (Å²) < 4.78 is 16.9. The van der Waals surface area contributed by atoms with Gasteiger partial charge in [-0.15, -0.1) is 0 Å². The minimum atomic E-state index is -0.762. The van der Waals surface area contributed by atoms with Gasteiger partial charge in [0.25, 0.3) is 0 Å². The van der Waals surface area contributed by atoms with E-state index < -0.39 is 6.10 Å². The summed E-state index contributed by atoms with van der Waals surface area (Å²) in [6, 6.07) is 0. The molecular weight excluding hydrogens is 805 g/mol. The fraction of sp³-hybridized carbons (Fsp3) is 0.949. The van der Waals surface area contributed by atoms with Gasteiger partial charge in [0.05, 0.1) is 0 Å². The molecule has 0 rings (SSSR count). The van der Waals surface area contributed by atoms with Crippen molar-refractivity contribution < 1.29 is 28.6 Å². The van der Waals surface area contributed by atoms with Crippen molar-refractivity contribution >= 4 is 17.9 Å². The van der Waals surface area contributed by atoms with Crippen LogP contribution in [-0.4, -0.2) is 37.2 Å². The first kappa shape index (κ1) is 63.4. The van der Waals surface area contributed by atoms with E-state index in [1.165, 1.54) is 231 Å². The lowest BCUT2D eigenvalue weighted by molar-refractivity contribution is -0.167. The Kier molecular flexibility index (Phi) is 52.1. The van der Waals surface area contributed by atoms with Gasteiger partial charge >= 0.3 is 17.9 Å². The summed E-state index contributed by atoms with van der Waals surface area (Å²) in [5.41, 5.74) is 0. The van der Waals surface area contributed by atoms with Crippen molar-refractivity contribution in [1.29, 1.82) is 0 Å². The zero-order valence-electron chi connectivity index (χ0n) is 44.5. The van der Waals surface area contributed by atoms with Crippen molar-refractivity contribution in [3.8, 4) is 0 Å². The van der Waals surface area contributed by atoms with E-state index in [0.29, 0.717) is 19.3 Å². The molecule has 0 aliphatic carbocycles. The minimum Gasteiger partial charge on any atom is -0.462 e. The number of hydrogen-bond donors (Lipinski definition) is 0. The Bertz CT molecular complexity index is 982. The first-order valence-electron chi connectivity index (χ1n) is 29.4. The van der Waals surface area contributed by atoms with E-state index in [9.17, 15) is 14.4 Å². The smallest absolute Gasteiger partial charge is 0.306 e. The number of rotatable bonds is 54. The van der Waals surface area contributed by atoms with Crippen LogP contribution in [0, 0.1) is 5.92 Å². The van der Waals surface area contributed by atoms with E-state index >= 15 is 0 Å². The van der Waals surface area contributed by atoms with Gasteiger partial charge in [-0.1, -0.05) is 297 Å². The molecule has 0 aromatic carbocycles. The summed E-state index contributed by atoms with van der Waals surface area (Å²) in [4.78, 5) is 38.1. The zero-order chi connectivity index (χ0) is 47.4. The van der Waals surface area contributed by atoms with Crippen LogP contribution in [0.1, 0.15) is 336 Å². The number of esters is 3. The molecule has 0 heterocycles. The quantitative estimate of drug-likeness (QED) is 0.0344. The average molecular weight is 920 g/mol. The van der Waals surface area contributed by atoms with Crippen LogP contribution in [0.15, 0.2) is 0 Å². The fourth-order valence-corrected chi connectivity index (χ4v) is 9.07. The van der Waals surface area contributed by atoms with Crippen LogP contribution >= 0.6 is 0 Å². The first-order valence-corrected chi connectivity index (χ1v) is 29.4. The Morgan fingerprint density at radius 2 is 0.538 bits per heavy atom. The van der Waals surface area contributed by atoms with Gasteiger partial charge in [0.2, 0.25) is 0 Å². The maximum Gasteiger partial charge on any atom is 0.306 e. The first-order chi connectivity index (χ1) is 31.9. The molecule has 386 valence electrons. The van der Waals surface area contributed by atoms with Gasteiger partial charge in [-0.25, -0.2) is 0 Å². The van der Waals surface area contributed by atoms with Crippen molar-refractivity contribution in [2.24, 2.45) is 5.92 Å². The number of unbranched alkanes of at least 4 members (excludes halogenated alkanes) is 40. The van der Waals surface area contributed by atoms with Crippen LogP contribution in [0.25, 0.3) is 0 Å². The van der Waals surface area contributed by atoms with Crippen LogP contribution < -0.4 is 0 Å². The van der Waals surface area contributed by atoms with E-state index in [0.717, 1.165) is 63.7 Å². The average Bonchev–Trinajstić information content (AvgIpc) is 3.30. The molecule has 6 nitrogen and oxygen atoms in total. The highest BCUT2D eigenvalue weighted by Crippen LogP contribution is 2.18. The normalized spacial score (nSPS) is 12.4.